The first-order valence-electron chi connectivity index (χ1n) is 11.3. The lowest BCUT2D eigenvalue weighted by Gasteiger charge is -2.37. The molecule has 8 nitrogen and oxygen atoms in total. The van der Waals surface area contributed by atoms with Gasteiger partial charge in [0.15, 0.2) is 5.96 Å². The molecule has 0 bridgehead atoms. The van der Waals surface area contributed by atoms with Crippen LogP contribution in [0.25, 0.3) is 0 Å². The van der Waals surface area contributed by atoms with E-state index in [-0.39, 0.29) is 47.9 Å². The Labute approximate surface area is 208 Å². The summed E-state index contributed by atoms with van der Waals surface area (Å²) in [4.78, 5) is 33.4. The highest BCUT2D eigenvalue weighted by Crippen LogP contribution is 2.16. The maximum atomic E-state index is 12.5. The standard InChI is InChI=1S/C23H35N5O3.HI/c1-4-17(2)26-21(29)19-8-5-7-18(15-19)16-25-23(24-3)28-12-10-27(11-13-28)22(30)20-9-6-14-31-20;/h5,7-8,15,17,20H,4,6,9-14,16H2,1-3H3,(H,24,25)(H,26,29);1H. The third-order valence-electron chi connectivity index (χ3n) is 5.94. The van der Waals surface area contributed by atoms with Crippen molar-refractivity contribution in [3.05, 3.63) is 35.4 Å². The van der Waals surface area contributed by atoms with E-state index >= 15 is 0 Å². The second kappa shape index (κ2) is 13.0. The molecule has 2 saturated heterocycles. The van der Waals surface area contributed by atoms with Crippen molar-refractivity contribution in [3.8, 4) is 0 Å². The summed E-state index contributed by atoms with van der Waals surface area (Å²) in [6.07, 6.45) is 2.44. The summed E-state index contributed by atoms with van der Waals surface area (Å²) < 4.78 is 5.54. The van der Waals surface area contributed by atoms with Gasteiger partial charge in [0.2, 0.25) is 0 Å². The summed E-state index contributed by atoms with van der Waals surface area (Å²) >= 11 is 0. The van der Waals surface area contributed by atoms with Gasteiger partial charge < -0.3 is 25.2 Å². The molecule has 32 heavy (non-hydrogen) atoms. The Morgan fingerprint density at radius 3 is 2.56 bits per heavy atom. The zero-order chi connectivity index (χ0) is 22.2. The largest absolute Gasteiger partial charge is 0.368 e. The van der Waals surface area contributed by atoms with Crippen LogP contribution >= 0.6 is 24.0 Å². The fraction of sp³-hybridized carbons (Fsp3) is 0.609. The predicted octanol–water partition coefficient (Wildman–Crippen LogP) is 2.23. The van der Waals surface area contributed by atoms with Crippen molar-refractivity contribution in [2.75, 3.05) is 39.8 Å². The van der Waals surface area contributed by atoms with Gasteiger partial charge in [-0.25, -0.2) is 0 Å². The smallest absolute Gasteiger partial charge is 0.251 e. The quantitative estimate of drug-likeness (QED) is 0.319. The van der Waals surface area contributed by atoms with Gasteiger partial charge in [-0.1, -0.05) is 19.1 Å². The van der Waals surface area contributed by atoms with Crippen molar-refractivity contribution in [3.63, 3.8) is 0 Å². The molecule has 9 heteroatoms. The molecule has 0 aliphatic carbocycles. The number of carbonyl (C=O) groups is 2. The molecule has 2 N–H and O–H groups in total. The molecule has 2 aliphatic heterocycles. The van der Waals surface area contributed by atoms with Gasteiger partial charge in [0, 0.05) is 58.0 Å². The third kappa shape index (κ3) is 7.06. The molecule has 0 spiro atoms. The highest BCUT2D eigenvalue weighted by molar-refractivity contribution is 14.0. The second-order valence-corrected chi connectivity index (χ2v) is 8.20. The number of rotatable bonds is 6. The minimum absolute atomic E-state index is 0. The van der Waals surface area contributed by atoms with Gasteiger partial charge in [-0.15, -0.1) is 24.0 Å². The topological polar surface area (TPSA) is 86.3 Å². The average molecular weight is 557 g/mol. The molecule has 2 fully saturated rings. The first-order valence-corrected chi connectivity index (χ1v) is 11.3. The van der Waals surface area contributed by atoms with E-state index < -0.39 is 0 Å². The molecular weight excluding hydrogens is 521 g/mol. The van der Waals surface area contributed by atoms with E-state index in [2.05, 4.69) is 27.4 Å². The third-order valence-corrected chi connectivity index (χ3v) is 5.94. The van der Waals surface area contributed by atoms with Gasteiger partial charge in [0.05, 0.1) is 0 Å². The van der Waals surface area contributed by atoms with Gasteiger partial charge in [0.1, 0.15) is 6.10 Å². The number of hydrogen-bond donors (Lipinski definition) is 2. The van der Waals surface area contributed by atoms with Gasteiger partial charge in [-0.3, -0.25) is 14.6 Å². The van der Waals surface area contributed by atoms with Crippen molar-refractivity contribution in [1.82, 2.24) is 20.4 Å². The van der Waals surface area contributed by atoms with E-state index in [9.17, 15) is 9.59 Å². The number of carbonyl (C=O) groups excluding carboxylic acids is 2. The Morgan fingerprint density at radius 1 is 1.22 bits per heavy atom. The van der Waals surface area contributed by atoms with Gasteiger partial charge in [-0.05, 0) is 43.9 Å². The van der Waals surface area contributed by atoms with Crippen LogP contribution in [0.5, 0.6) is 0 Å². The molecule has 2 heterocycles. The molecule has 0 saturated carbocycles. The van der Waals surface area contributed by atoms with E-state index in [0.29, 0.717) is 31.8 Å². The first-order chi connectivity index (χ1) is 15.0. The minimum atomic E-state index is -0.256. The fourth-order valence-electron chi connectivity index (χ4n) is 3.86. The highest BCUT2D eigenvalue weighted by Gasteiger charge is 2.30. The number of halogens is 1. The second-order valence-electron chi connectivity index (χ2n) is 8.20. The number of guanidine groups is 1. The first kappa shape index (κ1) is 26.4. The van der Waals surface area contributed by atoms with Crippen molar-refractivity contribution in [1.29, 1.82) is 0 Å². The number of amides is 2. The maximum Gasteiger partial charge on any atom is 0.251 e. The Balaban J connectivity index is 0.00000363. The van der Waals surface area contributed by atoms with E-state index in [1.165, 1.54) is 0 Å². The van der Waals surface area contributed by atoms with Crippen LogP contribution in [0.2, 0.25) is 0 Å². The van der Waals surface area contributed by atoms with Crippen LogP contribution in [0.15, 0.2) is 29.3 Å². The van der Waals surface area contributed by atoms with Gasteiger partial charge >= 0.3 is 0 Å². The SMILES string of the molecule is CCC(C)NC(=O)c1cccc(CNC(=NC)N2CCN(C(=O)C3CCCO3)CC2)c1.I. The molecule has 2 atom stereocenters. The number of aliphatic imine (C=N–C) groups is 1. The monoisotopic (exact) mass is 557 g/mol. The van der Waals surface area contributed by atoms with Crippen molar-refractivity contribution >= 4 is 41.8 Å². The molecule has 3 rings (SSSR count). The highest BCUT2D eigenvalue weighted by atomic mass is 127. The normalized spacial score (nSPS) is 19.8. The summed E-state index contributed by atoms with van der Waals surface area (Å²) in [6, 6.07) is 7.80. The zero-order valence-corrected chi connectivity index (χ0v) is 21.6. The molecule has 2 amide bonds. The van der Waals surface area contributed by atoms with Crippen LogP contribution in [-0.2, 0) is 16.1 Å². The number of nitrogens with one attached hydrogen (secondary N) is 2. The number of hydrogen-bond acceptors (Lipinski definition) is 4. The lowest BCUT2D eigenvalue weighted by Crippen LogP contribution is -2.55. The summed E-state index contributed by atoms with van der Waals surface area (Å²) in [6.45, 7) is 8.12. The van der Waals surface area contributed by atoms with Crippen LogP contribution < -0.4 is 10.6 Å². The van der Waals surface area contributed by atoms with Crippen molar-refractivity contribution in [2.45, 2.75) is 51.8 Å². The van der Waals surface area contributed by atoms with Crippen LogP contribution in [0.3, 0.4) is 0 Å². The lowest BCUT2D eigenvalue weighted by molar-refractivity contribution is -0.142. The van der Waals surface area contributed by atoms with Gasteiger partial charge in [0.25, 0.3) is 11.8 Å². The summed E-state index contributed by atoms with van der Waals surface area (Å²) in [5.74, 6) is 0.874. The van der Waals surface area contributed by atoms with Crippen LogP contribution in [-0.4, -0.2) is 79.6 Å². The molecule has 2 aliphatic rings. The Kier molecular flexibility index (Phi) is 10.7. The average Bonchev–Trinajstić information content (AvgIpc) is 3.34. The lowest BCUT2D eigenvalue weighted by atomic mass is 10.1. The summed E-state index contributed by atoms with van der Waals surface area (Å²) in [7, 11) is 1.77. The number of piperazine rings is 1. The molecule has 1 aromatic carbocycles. The van der Waals surface area contributed by atoms with E-state index in [0.717, 1.165) is 43.9 Å². The maximum absolute atomic E-state index is 12.5. The number of ether oxygens (including phenoxy) is 1. The van der Waals surface area contributed by atoms with Crippen LogP contribution in [0.1, 0.15) is 49.0 Å². The van der Waals surface area contributed by atoms with Gasteiger partial charge in [-0.2, -0.15) is 0 Å². The molecule has 0 radical (unpaired) electrons. The van der Waals surface area contributed by atoms with E-state index in [1.807, 2.05) is 36.1 Å². The molecule has 0 aromatic heterocycles. The van der Waals surface area contributed by atoms with Crippen molar-refractivity contribution < 1.29 is 14.3 Å². The predicted molar refractivity (Wildman–Crippen MR) is 136 cm³/mol. The number of nitrogens with zero attached hydrogens (tertiary/aromatic N) is 3. The number of benzene rings is 1. The minimum Gasteiger partial charge on any atom is -0.368 e. The molecule has 1 aromatic rings. The summed E-state index contributed by atoms with van der Waals surface area (Å²) in [5.41, 5.74) is 1.68. The zero-order valence-electron chi connectivity index (χ0n) is 19.3. The Bertz CT molecular complexity index is 790. The van der Waals surface area contributed by atoms with Crippen molar-refractivity contribution in [2.24, 2.45) is 4.99 Å². The molecular formula is C23H36IN5O3. The van der Waals surface area contributed by atoms with E-state index in [1.54, 1.807) is 7.05 Å². The van der Waals surface area contributed by atoms with E-state index in [4.69, 9.17) is 4.74 Å². The Hall–Kier alpha value is -1.88. The fourth-order valence-corrected chi connectivity index (χ4v) is 3.86. The van der Waals surface area contributed by atoms with Crippen LogP contribution in [0, 0.1) is 0 Å². The van der Waals surface area contributed by atoms with Crippen LogP contribution in [0.4, 0.5) is 0 Å². The molecule has 2 unspecified atom stereocenters. The summed E-state index contributed by atoms with van der Waals surface area (Å²) in [5, 5.41) is 6.39. The molecule has 178 valence electrons. The Morgan fingerprint density at radius 2 is 1.94 bits per heavy atom.